The molecule has 0 bridgehead atoms. The van der Waals surface area contributed by atoms with Crippen molar-refractivity contribution in [1.29, 1.82) is 0 Å². The summed E-state index contributed by atoms with van der Waals surface area (Å²) in [6, 6.07) is 40.4. The Labute approximate surface area is 372 Å². The number of benzene rings is 6. The van der Waals surface area contributed by atoms with Crippen LogP contribution in [0.1, 0.15) is 36.8 Å². The Balaban J connectivity index is 0.000000176. The molecule has 0 N–H and O–H groups in total. The van der Waals surface area contributed by atoms with Crippen LogP contribution in [0.5, 0.6) is 0 Å². The van der Waals surface area contributed by atoms with Gasteiger partial charge in [0.2, 0.25) is 0 Å². The van der Waals surface area contributed by atoms with E-state index in [9.17, 15) is 31.9 Å². The second-order valence-corrected chi connectivity index (χ2v) is 15.6. The van der Waals surface area contributed by atoms with Crippen molar-refractivity contribution < 1.29 is 41.3 Å². The number of hydrogen-bond donors (Lipinski definition) is 0. The number of cyclic esters (lactones) is 2. The molecule has 6 aromatic carbocycles. The van der Waals surface area contributed by atoms with Crippen LogP contribution in [0.15, 0.2) is 175 Å². The van der Waals surface area contributed by atoms with Gasteiger partial charge in [0.1, 0.15) is 22.8 Å². The summed E-state index contributed by atoms with van der Waals surface area (Å²) in [5.74, 6) is -2.79. The molecular weight excluding hydrogens is 875 g/mol. The first-order valence-electron chi connectivity index (χ1n) is 20.0. The van der Waals surface area contributed by atoms with Gasteiger partial charge in [-0.15, -0.1) is 13.2 Å². The molecule has 320 valence electrons. The van der Waals surface area contributed by atoms with E-state index >= 15 is 0 Å². The molecule has 2 aliphatic heterocycles. The van der Waals surface area contributed by atoms with Crippen LogP contribution in [-0.2, 0) is 25.4 Å². The van der Waals surface area contributed by atoms with Crippen molar-refractivity contribution in [2.24, 2.45) is 0 Å². The van der Waals surface area contributed by atoms with E-state index in [-0.39, 0.29) is 17.1 Å². The number of ether oxygens (including phenoxy) is 2. The SMILES string of the molecule is C=CCC1(c2ccccc2)CCN(c2cccc(-c3ccc(F)cc3F)c2)C(=O)O1.C=CCC1(c2ccccc2)CCN(c2cccc(Br)c2)C(=O)O1.O=Bc1ccc(F)cc1F. The maximum absolute atomic E-state index is 14.2. The maximum atomic E-state index is 14.2. The van der Waals surface area contributed by atoms with E-state index in [0.717, 1.165) is 45.9 Å². The van der Waals surface area contributed by atoms with Crippen LogP contribution in [0.4, 0.5) is 38.5 Å². The minimum absolute atomic E-state index is 0.124. The molecule has 0 aromatic heterocycles. The minimum atomic E-state index is -0.824. The number of carbonyl (C=O) groups is 2. The van der Waals surface area contributed by atoms with Crippen LogP contribution in [0.2, 0.25) is 0 Å². The number of rotatable bonds is 10. The van der Waals surface area contributed by atoms with Crippen LogP contribution in [-0.4, -0.2) is 32.4 Å². The topological polar surface area (TPSA) is 76.2 Å². The van der Waals surface area contributed by atoms with Gasteiger partial charge in [-0.3, -0.25) is 9.80 Å². The van der Waals surface area contributed by atoms with Crippen molar-refractivity contribution in [3.05, 3.63) is 210 Å². The van der Waals surface area contributed by atoms with Gasteiger partial charge < -0.3 is 9.47 Å². The third-order valence-electron chi connectivity index (χ3n) is 10.6. The molecule has 2 atom stereocenters. The summed E-state index contributed by atoms with van der Waals surface area (Å²) >= 11 is 3.44. The van der Waals surface area contributed by atoms with Gasteiger partial charge in [0.25, 0.3) is 0 Å². The molecule has 2 amide bonds. The quantitative estimate of drug-likeness (QED) is 0.0777. The van der Waals surface area contributed by atoms with Crippen LogP contribution >= 0.6 is 15.9 Å². The molecule has 0 spiro atoms. The Hall–Kier alpha value is -6.60. The first-order valence-corrected chi connectivity index (χ1v) is 20.8. The monoisotopic (exact) mass is 916 g/mol. The van der Waals surface area contributed by atoms with Crippen LogP contribution in [0.3, 0.4) is 0 Å². The Kier molecular flexibility index (Phi) is 15.3. The molecule has 2 unspecified atom stereocenters. The molecule has 0 aliphatic carbocycles. The average molecular weight is 918 g/mol. The molecule has 2 aliphatic rings. The molecule has 8 rings (SSSR count). The first-order chi connectivity index (χ1) is 30.4. The molecule has 13 heteroatoms. The second kappa shape index (κ2) is 21.0. The first kappa shape index (κ1) is 45.9. The van der Waals surface area contributed by atoms with E-state index in [0.29, 0.717) is 56.8 Å². The fourth-order valence-corrected chi connectivity index (χ4v) is 7.86. The molecule has 0 radical (unpaired) electrons. The van der Waals surface area contributed by atoms with Gasteiger partial charge in [0, 0.05) is 66.3 Å². The summed E-state index contributed by atoms with van der Waals surface area (Å²) in [6.07, 6.45) is 5.21. The van der Waals surface area contributed by atoms with E-state index < -0.39 is 40.6 Å². The average Bonchev–Trinajstić information content (AvgIpc) is 3.28. The predicted molar refractivity (Wildman–Crippen MR) is 241 cm³/mol. The number of nitrogens with zero attached hydrogens (tertiary/aromatic N) is 2. The fraction of sp³-hybridized carbons (Fsp3) is 0.160. The molecular formula is C50H42BBrF4N2O5. The van der Waals surface area contributed by atoms with E-state index in [1.165, 1.54) is 17.0 Å². The van der Waals surface area contributed by atoms with Crippen LogP contribution in [0.25, 0.3) is 11.1 Å². The summed E-state index contributed by atoms with van der Waals surface area (Å²) in [5.41, 5.74) is 2.72. The molecule has 2 fully saturated rings. The Morgan fingerprint density at radius 1 is 0.603 bits per heavy atom. The number of hydrogen-bond acceptors (Lipinski definition) is 5. The van der Waals surface area contributed by atoms with Crippen molar-refractivity contribution in [1.82, 2.24) is 0 Å². The van der Waals surface area contributed by atoms with Gasteiger partial charge in [0.05, 0.1) is 0 Å². The van der Waals surface area contributed by atoms with E-state index in [4.69, 9.17) is 9.47 Å². The van der Waals surface area contributed by atoms with E-state index in [1.54, 1.807) is 35.2 Å². The molecule has 2 saturated heterocycles. The van der Waals surface area contributed by atoms with E-state index in [1.807, 2.05) is 91.0 Å². The zero-order chi connectivity index (χ0) is 45.0. The molecule has 63 heavy (non-hydrogen) atoms. The fourth-order valence-electron chi connectivity index (χ4n) is 7.47. The third kappa shape index (κ3) is 11.1. The van der Waals surface area contributed by atoms with Crippen molar-refractivity contribution in [2.75, 3.05) is 22.9 Å². The predicted octanol–water partition coefficient (Wildman–Crippen LogP) is 12.4. The Bertz CT molecular complexity index is 2590. The number of halogens is 5. The molecule has 7 nitrogen and oxygen atoms in total. The van der Waals surface area contributed by atoms with Gasteiger partial charge >= 0.3 is 68.1 Å². The normalized spacial score (nSPS) is 18.0. The van der Waals surface area contributed by atoms with Gasteiger partial charge in [-0.2, -0.15) is 0 Å². The van der Waals surface area contributed by atoms with Crippen molar-refractivity contribution in [3.8, 4) is 11.1 Å². The summed E-state index contributed by atoms with van der Waals surface area (Å²) in [6.45, 7) is 8.70. The molecule has 0 saturated carbocycles. The summed E-state index contributed by atoms with van der Waals surface area (Å²) < 4.78 is 74.7. The van der Waals surface area contributed by atoms with E-state index in [2.05, 4.69) is 29.1 Å². The number of carbonyl (C=O) groups excluding carboxylic acids is 2. The van der Waals surface area contributed by atoms with Gasteiger partial charge in [0.15, 0.2) is 0 Å². The van der Waals surface area contributed by atoms with Gasteiger partial charge in [-0.1, -0.05) is 107 Å². The van der Waals surface area contributed by atoms with Crippen molar-refractivity contribution >= 4 is 52.1 Å². The summed E-state index contributed by atoms with van der Waals surface area (Å²) in [7, 11) is 0.342. The Morgan fingerprint density at radius 3 is 1.56 bits per heavy atom. The van der Waals surface area contributed by atoms with Crippen molar-refractivity contribution in [2.45, 2.75) is 36.9 Å². The Morgan fingerprint density at radius 2 is 1.10 bits per heavy atom. The van der Waals surface area contributed by atoms with Crippen LogP contribution in [0, 0.1) is 23.3 Å². The van der Waals surface area contributed by atoms with Crippen molar-refractivity contribution in [3.63, 3.8) is 0 Å². The zero-order valence-electron chi connectivity index (χ0n) is 34.1. The number of amides is 2. The standard InChI is InChI=1S/C25H21F2NO2.C19H18BrNO2.C6H3BF2O/c1-2-13-25(19-8-4-3-5-9-19)14-15-28(24(29)30-25)21-10-6-7-18(16-21)22-12-11-20(26)17-23(22)27;1-2-11-19(15-7-4-3-5-8-15)12-13-21(18(22)23-19)17-10-6-9-16(20)14-17;8-4-1-2-5(7-10)6(9)3-4/h2-12,16-17H,1,13-15H2;2-10,14H,1,11-13H2;1-3H. The van der Waals surface area contributed by atoms with Gasteiger partial charge in [-0.05, 0) is 59.2 Å². The molecule has 2 heterocycles. The number of anilines is 2. The van der Waals surface area contributed by atoms with Gasteiger partial charge in [-0.25, -0.2) is 18.4 Å². The second-order valence-electron chi connectivity index (χ2n) is 14.7. The molecule has 6 aromatic rings. The summed E-state index contributed by atoms with van der Waals surface area (Å²) in [4.78, 5) is 28.8. The third-order valence-corrected chi connectivity index (χ3v) is 11.1. The summed E-state index contributed by atoms with van der Waals surface area (Å²) in [5, 5.41) is 0. The van der Waals surface area contributed by atoms with Crippen LogP contribution < -0.4 is 15.3 Å². The zero-order valence-corrected chi connectivity index (χ0v) is 35.7.